The van der Waals surface area contributed by atoms with Gasteiger partial charge in [0.2, 0.25) is 15.3 Å². The summed E-state index contributed by atoms with van der Waals surface area (Å²) < 4.78 is 27.0. The maximum atomic E-state index is 12.2. The van der Waals surface area contributed by atoms with Gasteiger partial charge in [0.1, 0.15) is 4.90 Å². The summed E-state index contributed by atoms with van der Waals surface area (Å²) in [6.07, 6.45) is 2.38. The number of hydrogen-bond acceptors (Lipinski definition) is 5. The average Bonchev–Trinajstić information content (AvgIpc) is 2.68. The van der Waals surface area contributed by atoms with Crippen LogP contribution in [0.25, 0.3) is 0 Å². The third-order valence-electron chi connectivity index (χ3n) is 2.78. The third kappa shape index (κ3) is 3.35. The van der Waals surface area contributed by atoms with Crippen molar-refractivity contribution in [3.8, 4) is 0 Å². The average molecular weight is 332 g/mol. The molecule has 0 spiro atoms. The van der Waals surface area contributed by atoms with E-state index >= 15 is 0 Å². The predicted octanol–water partition coefficient (Wildman–Crippen LogP) is 2.85. The SMILES string of the molecule is Cc1cc(C(C)NS(=O)(=O)c2cnc(Cl)nc2)c(C)s1. The van der Waals surface area contributed by atoms with Crippen molar-refractivity contribution in [1.29, 1.82) is 0 Å². The van der Waals surface area contributed by atoms with Gasteiger partial charge in [-0.15, -0.1) is 11.3 Å². The first-order chi connectivity index (χ1) is 9.29. The van der Waals surface area contributed by atoms with Crippen LogP contribution >= 0.6 is 22.9 Å². The van der Waals surface area contributed by atoms with Gasteiger partial charge in [0.05, 0.1) is 12.4 Å². The molecule has 0 aromatic carbocycles. The molecule has 108 valence electrons. The van der Waals surface area contributed by atoms with Crippen molar-refractivity contribution in [2.45, 2.75) is 31.7 Å². The number of sulfonamides is 1. The number of nitrogens with one attached hydrogen (secondary N) is 1. The van der Waals surface area contributed by atoms with Crippen LogP contribution in [0.15, 0.2) is 23.4 Å². The Morgan fingerprint density at radius 1 is 1.30 bits per heavy atom. The van der Waals surface area contributed by atoms with E-state index in [-0.39, 0.29) is 16.2 Å². The lowest BCUT2D eigenvalue weighted by molar-refractivity contribution is 0.566. The van der Waals surface area contributed by atoms with Gasteiger partial charge in [0.15, 0.2) is 0 Å². The Morgan fingerprint density at radius 2 is 1.90 bits per heavy atom. The predicted molar refractivity (Wildman–Crippen MR) is 79.6 cm³/mol. The Bertz CT molecular complexity index is 711. The molecule has 0 fully saturated rings. The van der Waals surface area contributed by atoms with Gasteiger partial charge >= 0.3 is 0 Å². The van der Waals surface area contributed by atoms with E-state index in [1.165, 1.54) is 12.4 Å². The Hall–Kier alpha value is -1.02. The number of nitrogens with zero attached hydrogens (tertiary/aromatic N) is 2. The van der Waals surface area contributed by atoms with Crippen LogP contribution in [0.4, 0.5) is 0 Å². The lowest BCUT2D eigenvalue weighted by Gasteiger charge is -2.14. The molecule has 0 amide bonds. The highest BCUT2D eigenvalue weighted by molar-refractivity contribution is 7.89. The molecule has 2 aromatic rings. The van der Waals surface area contributed by atoms with Crippen molar-refractivity contribution >= 4 is 33.0 Å². The number of rotatable bonds is 4. The Morgan fingerprint density at radius 3 is 2.40 bits per heavy atom. The van der Waals surface area contributed by atoms with Gasteiger partial charge in [-0.05, 0) is 44.0 Å². The van der Waals surface area contributed by atoms with E-state index in [2.05, 4.69) is 14.7 Å². The van der Waals surface area contributed by atoms with Gasteiger partial charge in [0.25, 0.3) is 0 Å². The fourth-order valence-electron chi connectivity index (χ4n) is 1.88. The molecule has 5 nitrogen and oxygen atoms in total. The van der Waals surface area contributed by atoms with Crippen molar-refractivity contribution in [2.24, 2.45) is 0 Å². The van der Waals surface area contributed by atoms with Crippen LogP contribution in [-0.4, -0.2) is 18.4 Å². The number of thiophene rings is 1. The minimum absolute atomic E-state index is 0.00152. The van der Waals surface area contributed by atoms with Gasteiger partial charge < -0.3 is 0 Å². The Kier molecular flexibility index (Phi) is 4.43. The lowest BCUT2D eigenvalue weighted by atomic mass is 10.1. The van der Waals surface area contributed by atoms with Crippen molar-refractivity contribution < 1.29 is 8.42 Å². The molecule has 0 radical (unpaired) electrons. The zero-order valence-corrected chi connectivity index (χ0v) is 13.6. The largest absolute Gasteiger partial charge is 0.244 e. The summed E-state index contributed by atoms with van der Waals surface area (Å²) >= 11 is 7.20. The topological polar surface area (TPSA) is 72.0 Å². The second-order valence-electron chi connectivity index (χ2n) is 4.40. The van der Waals surface area contributed by atoms with Crippen molar-refractivity contribution in [2.75, 3.05) is 0 Å². The van der Waals surface area contributed by atoms with Gasteiger partial charge in [-0.25, -0.2) is 23.1 Å². The molecule has 0 aliphatic carbocycles. The summed E-state index contributed by atoms with van der Waals surface area (Å²) in [6.45, 7) is 5.78. The molecule has 0 saturated heterocycles. The number of halogens is 1. The monoisotopic (exact) mass is 331 g/mol. The normalized spacial score (nSPS) is 13.4. The first-order valence-electron chi connectivity index (χ1n) is 5.86. The van der Waals surface area contributed by atoms with Gasteiger partial charge in [-0.3, -0.25) is 0 Å². The zero-order chi connectivity index (χ0) is 14.9. The maximum Gasteiger partial charge on any atom is 0.244 e. The first-order valence-corrected chi connectivity index (χ1v) is 8.54. The zero-order valence-electron chi connectivity index (χ0n) is 11.2. The molecular weight excluding hydrogens is 318 g/mol. The summed E-state index contributed by atoms with van der Waals surface area (Å²) in [5, 5.41) is 0.0151. The summed E-state index contributed by atoms with van der Waals surface area (Å²) in [7, 11) is -3.66. The molecule has 20 heavy (non-hydrogen) atoms. The second kappa shape index (κ2) is 5.77. The molecule has 2 aromatic heterocycles. The van der Waals surface area contributed by atoms with E-state index in [0.717, 1.165) is 15.3 Å². The number of aromatic nitrogens is 2. The lowest BCUT2D eigenvalue weighted by Crippen LogP contribution is -2.27. The van der Waals surface area contributed by atoms with Gasteiger partial charge in [0, 0.05) is 15.8 Å². The van der Waals surface area contributed by atoms with E-state index in [9.17, 15) is 8.42 Å². The minimum atomic E-state index is -3.66. The number of hydrogen-bond donors (Lipinski definition) is 1. The standard InChI is InChI=1S/C12H14ClN3O2S2/c1-7-4-11(9(3)19-7)8(2)16-20(17,18)10-5-14-12(13)15-6-10/h4-6,8,16H,1-3H3. The molecule has 1 N–H and O–H groups in total. The Balaban J connectivity index is 2.24. The summed E-state index contributed by atoms with van der Waals surface area (Å²) in [5.41, 5.74) is 0.978. The van der Waals surface area contributed by atoms with Crippen LogP contribution in [0, 0.1) is 13.8 Å². The van der Waals surface area contributed by atoms with Crippen LogP contribution in [-0.2, 0) is 10.0 Å². The van der Waals surface area contributed by atoms with Crippen LogP contribution in [0.3, 0.4) is 0 Å². The molecule has 0 aliphatic rings. The van der Waals surface area contributed by atoms with Crippen LogP contribution in [0.2, 0.25) is 5.28 Å². The Labute approximate surface area is 127 Å². The highest BCUT2D eigenvalue weighted by Crippen LogP contribution is 2.27. The molecule has 0 saturated carbocycles. The van der Waals surface area contributed by atoms with Crippen molar-refractivity contribution in [3.63, 3.8) is 0 Å². The van der Waals surface area contributed by atoms with Crippen LogP contribution < -0.4 is 4.72 Å². The third-order valence-corrected chi connectivity index (χ3v) is 5.46. The minimum Gasteiger partial charge on any atom is -0.225 e. The van der Waals surface area contributed by atoms with E-state index < -0.39 is 10.0 Å². The molecule has 1 atom stereocenters. The maximum absolute atomic E-state index is 12.2. The van der Waals surface area contributed by atoms with E-state index in [1.54, 1.807) is 11.3 Å². The first kappa shape index (κ1) is 15.4. The molecule has 0 bridgehead atoms. The van der Waals surface area contributed by atoms with Crippen LogP contribution in [0.1, 0.15) is 28.3 Å². The van der Waals surface area contributed by atoms with E-state index in [1.807, 2.05) is 26.8 Å². The molecule has 2 rings (SSSR count). The highest BCUT2D eigenvalue weighted by atomic mass is 35.5. The number of aryl methyl sites for hydroxylation is 2. The van der Waals surface area contributed by atoms with E-state index in [4.69, 9.17) is 11.6 Å². The van der Waals surface area contributed by atoms with Crippen LogP contribution in [0.5, 0.6) is 0 Å². The second-order valence-corrected chi connectivity index (χ2v) is 7.91. The molecule has 0 aliphatic heterocycles. The molecule has 2 heterocycles. The fraction of sp³-hybridized carbons (Fsp3) is 0.333. The summed E-state index contributed by atoms with van der Waals surface area (Å²) in [6, 6.07) is 1.67. The van der Waals surface area contributed by atoms with Crippen molar-refractivity contribution in [3.05, 3.63) is 39.1 Å². The fourth-order valence-corrected chi connectivity index (χ4v) is 4.12. The quantitative estimate of drug-likeness (QED) is 0.874. The van der Waals surface area contributed by atoms with Gasteiger partial charge in [-0.2, -0.15) is 0 Å². The van der Waals surface area contributed by atoms with E-state index in [0.29, 0.717) is 0 Å². The van der Waals surface area contributed by atoms with Gasteiger partial charge in [-0.1, -0.05) is 0 Å². The molecule has 8 heteroatoms. The summed E-state index contributed by atoms with van der Waals surface area (Å²) in [4.78, 5) is 9.62. The summed E-state index contributed by atoms with van der Waals surface area (Å²) in [5.74, 6) is 0. The van der Waals surface area contributed by atoms with Crippen molar-refractivity contribution in [1.82, 2.24) is 14.7 Å². The smallest absolute Gasteiger partial charge is 0.225 e. The highest BCUT2D eigenvalue weighted by Gasteiger charge is 2.21. The molecule has 1 unspecified atom stereocenters. The molecular formula is C12H14ClN3O2S2.